The van der Waals surface area contributed by atoms with E-state index < -0.39 is 0 Å². The Morgan fingerprint density at radius 1 is 1.50 bits per heavy atom. The number of nitrogens with two attached hydrogens (primary N) is 1. The Hall–Kier alpha value is -1.13. The summed E-state index contributed by atoms with van der Waals surface area (Å²) in [6, 6.07) is 4.74. The third-order valence-corrected chi connectivity index (χ3v) is 4.84. The molecule has 1 amide bonds. The molecule has 122 valence electrons. The van der Waals surface area contributed by atoms with E-state index in [1.54, 1.807) is 24.1 Å². The fourth-order valence-corrected chi connectivity index (χ4v) is 3.02. The van der Waals surface area contributed by atoms with Crippen molar-refractivity contribution in [3.63, 3.8) is 0 Å². The van der Waals surface area contributed by atoms with E-state index in [4.69, 9.17) is 17.3 Å². The number of halogens is 2. The SMILES string of the molecule is CC(C)C(N)CCN(C)C(=O)C1CC1c1c(F)cccc1Cl. The standard InChI is InChI=1S/C17H24ClFN2O/c1-10(2)15(20)7-8-21(3)17(22)12-9-11(12)16-13(18)5-4-6-14(16)19/h4-6,10-12,15H,7-9,20H2,1-3H3. The molecule has 3 nitrogen and oxygen atoms in total. The number of carbonyl (C=O) groups excluding carboxylic acids is 1. The molecule has 2 rings (SSSR count). The molecule has 5 heteroatoms. The summed E-state index contributed by atoms with van der Waals surface area (Å²) < 4.78 is 13.9. The van der Waals surface area contributed by atoms with E-state index in [0.717, 1.165) is 6.42 Å². The normalized spacial score (nSPS) is 21.8. The zero-order chi connectivity index (χ0) is 16.4. The maximum absolute atomic E-state index is 13.9. The highest BCUT2D eigenvalue weighted by Gasteiger charge is 2.47. The molecule has 1 aliphatic carbocycles. The van der Waals surface area contributed by atoms with Gasteiger partial charge in [0.05, 0.1) is 0 Å². The Labute approximate surface area is 136 Å². The Morgan fingerprint density at radius 3 is 2.77 bits per heavy atom. The first kappa shape index (κ1) is 17.2. The summed E-state index contributed by atoms with van der Waals surface area (Å²) in [5.41, 5.74) is 6.49. The lowest BCUT2D eigenvalue weighted by Gasteiger charge is -2.21. The van der Waals surface area contributed by atoms with Gasteiger partial charge in [-0.15, -0.1) is 0 Å². The molecule has 0 radical (unpaired) electrons. The average molecular weight is 327 g/mol. The van der Waals surface area contributed by atoms with Crippen LogP contribution < -0.4 is 5.73 Å². The number of hydrogen-bond acceptors (Lipinski definition) is 2. The van der Waals surface area contributed by atoms with Crippen LogP contribution in [0.3, 0.4) is 0 Å². The molecule has 1 saturated carbocycles. The van der Waals surface area contributed by atoms with Crippen LogP contribution >= 0.6 is 11.6 Å². The minimum atomic E-state index is -0.322. The van der Waals surface area contributed by atoms with Crippen molar-refractivity contribution in [3.8, 4) is 0 Å². The summed E-state index contributed by atoms with van der Waals surface area (Å²) >= 11 is 6.07. The van der Waals surface area contributed by atoms with Gasteiger partial charge in [-0.05, 0) is 30.9 Å². The quantitative estimate of drug-likeness (QED) is 0.870. The van der Waals surface area contributed by atoms with Crippen molar-refractivity contribution < 1.29 is 9.18 Å². The maximum atomic E-state index is 13.9. The summed E-state index contributed by atoms with van der Waals surface area (Å²) in [7, 11) is 1.79. The molecule has 0 aliphatic heterocycles. The lowest BCUT2D eigenvalue weighted by Crippen LogP contribution is -2.35. The van der Waals surface area contributed by atoms with Gasteiger partial charge >= 0.3 is 0 Å². The predicted octanol–water partition coefficient (Wildman–Crippen LogP) is 3.41. The monoisotopic (exact) mass is 326 g/mol. The predicted molar refractivity (Wildman–Crippen MR) is 87.3 cm³/mol. The molecule has 1 fully saturated rings. The Kier molecular flexibility index (Phi) is 5.45. The molecule has 0 spiro atoms. The highest BCUT2D eigenvalue weighted by molar-refractivity contribution is 6.31. The molecule has 0 heterocycles. The van der Waals surface area contributed by atoms with Crippen LogP contribution in [0.4, 0.5) is 4.39 Å². The fourth-order valence-electron chi connectivity index (χ4n) is 2.72. The van der Waals surface area contributed by atoms with Crippen LogP contribution in [0.25, 0.3) is 0 Å². The largest absolute Gasteiger partial charge is 0.345 e. The molecular weight excluding hydrogens is 303 g/mol. The first-order valence-corrected chi connectivity index (χ1v) is 8.15. The van der Waals surface area contributed by atoms with Gasteiger partial charge in [0.1, 0.15) is 5.82 Å². The van der Waals surface area contributed by atoms with Gasteiger partial charge in [-0.1, -0.05) is 31.5 Å². The van der Waals surface area contributed by atoms with Crippen molar-refractivity contribution in [2.45, 2.75) is 38.6 Å². The summed E-state index contributed by atoms with van der Waals surface area (Å²) in [6.07, 6.45) is 1.44. The van der Waals surface area contributed by atoms with Gasteiger partial charge in [-0.2, -0.15) is 0 Å². The molecule has 22 heavy (non-hydrogen) atoms. The van der Waals surface area contributed by atoms with Crippen molar-refractivity contribution in [1.82, 2.24) is 4.90 Å². The molecule has 1 aromatic rings. The van der Waals surface area contributed by atoms with Crippen LogP contribution in [0.1, 0.15) is 38.2 Å². The number of carbonyl (C=O) groups is 1. The second-order valence-electron chi connectivity index (χ2n) is 6.54. The fraction of sp³-hybridized carbons (Fsp3) is 0.588. The molecule has 0 saturated heterocycles. The van der Waals surface area contributed by atoms with Gasteiger partial charge in [-0.25, -0.2) is 4.39 Å². The molecule has 1 aromatic carbocycles. The highest BCUT2D eigenvalue weighted by atomic mass is 35.5. The lowest BCUT2D eigenvalue weighted by atomic mass is 10.0. The minimum Gasteiger partial charge on any atom is -0.345 e. The zero-order valence-electron chi connectivity index (χ0n) is 13.4. The molecule has 2 N–H and O–H groups in total. The van der Waals surface area contributed by atoms with Gasteiger partial charge in [0.2, 0.25) is 5.91 Å². The van der Waals surface area contributed by atoms with E-state index in [1.165, 1.54) is 6.07 Å². The Bertz CT molecular complexity index is 529. The lowest BCUT2D eigenvalue weighted by molar-refractivity contribution is -0.131. The van der Waals surface area contributed by atoms with Crippen LogP contribution in [-0.2, 0) is 4.79 Å². The van der Waals surface area contributed by atoms with E-state index >= 15 is 0 Å². The summed E-state index contributed by atoms with van der Waals surface area (Å²) in [5, 5.41) is 0.407. The average Bonchev–Trinajstić information content (AvgIpc) is 3.23. The third kappa shape index (κ3) is 3.79. The number of rotatable bonds is 6. The smallest absolute Gasteiger partial charge is 0.226 e. The van der Waals surface area contributed by atoms with Gasteiger partial charge in [0.15, 0.2) is 0 Å². The van der Waals surface area contributed by atoms with Gasteiger partial charge in [0, 0.05) is 42.1 Å². The van der Waals surface area contributed by atoms with Crippen LogP contribution in [0, 0.1) is 17.7 Å². The van der Waals surface area contributed by atoms with Gasteiger partial charge in [-0.3, -0.25) is 4.79 Å². The molecular formula is C17H24ClFN2O. The molecule has 3 unspecified atom stereocenters. The second-order valence-corrected chi connectivity index (χ2v) is 6.95. The first-order valence-electron chi connectivity index (χ1n) is 7.77. The summed E-state index contributed by atoms with van der Waals surface area (Å²) in [5.74, 6) is -0.121. The number of benzene rings is 1. The maximum Gasteiger partial charge on any atom is 0.226 e. The molecule has 1 aliphatic rings. The molecule has 0 aromatic heterocycles. The van der Waals surface area contributed by atoms with E-state index in [2.05, 4.69) is 13.8 Å². The van der Waals surface area contributed by atoms with Crippen LogP contribution in [0.15, 0.2) is 18.2 Å². The topological polar surface area (TPSA) is 46.3 Å². The molecule has 3 atom stereocenters. The Morgan fingerprint density at radius 2 is 2.18 bits per heavy atom. The number of nitrogens with zero attached hydrogens (tertiary/aromatic N) is 1. The van der Waals surface area contributed by atoms with E-state index in [9.17, 15) is 9.18 Å². The summed E-state index contributed by atoms with van der Waals surface area (Å²) in [6.45, 7) is 4.78. The zero-order valence-corrected chi connectivity index (χ0v) is 14.1. The van der Waals surface area contributed by atoms with Crippen LogP contribution in [-0.4, -0.2) is 30.4 Å². The van der Waals surface area contributed by atoms with Crippen molar-refractivity contribution in [1.29, 1.82) is 0 Å². The Balaban J connectivity index is 1.93. The number of amides is 1. The van der Waals surface area contributed by atoms with Gasteiger partial charge in [0.25, 0.3) is 0 Å². The number of hydrogen-bond donors (Lipinski definition) is 1. The van der Waals surface area contributed by atoms with Gasteiger partial charge < -0.3 is 10.6 Å². The summed E-state index contributed by atoms with van der Waals surface area (Å²) in [4.78, 5) is 14.1. The second kappa shape index (κ2) is 6.97. The third-order valence-electron chi connectivity index (χ3n) is 4.51. The van der Waals surface area contributed by atoms with Crippen molar-refractivity contribution in [2.75, 3.05) is 13.6 Å². The highest BCUT2D eigenvalue weighted by Crippen LogP contribution is 2.51. The van der Waals surface area contributed by atoms with E-state index in [0.29, 0.717) is 29.5 Å². The van der Waals surface area contributed by atoms with E-state index in [-0.39, 0.29) is 29.6 Å². The minimum absolute atomic E-state index is 0.0558. The van der Waals surface area contributed by atoms with Crippen LogP contribution in [0.5, 0.6) is 0 Å². The van der Waals surface area contributed by atoms with Crippen molar-refractivity contribution >= 4 is 17.5 Å². The van der Waals surface area contributed by atoms with Crippen molar-refractivity contribution in [2.24, 2.45) is 17.6 Å². The van der Waals surface area contributed by atoms with E-state index in [1.807, 2.05) is 0 Å². The molecule has 0 bridgehead atoms. The van der Waals surface area contributed by atoms with Crippen LogP contribution in [0.2, 0.25) is 5.02 Å². The first-order chi connectivity index (χ1) is 10.3. The van der Waals surface area contributed by atoms with Crippen molar-refractivity contribution in [3.05, 3.63) is 34.6 Å².